The first-order valence-corrected chi connectivity index (χ1v) is 9.82. The van der Waals surface area contributed by atoms with Crippen molar-refractivity contribution in [2.45, 2.75) is 45.4 Å². The molecule has 5 nitrogen and oxygen atoms in total. The maximum atomic E-state index is 12.5. The summed E-state index contributed by atoms with van der Waals surface area (Å²) in [4.78, 5) is 23.5. The molecule has 0 bridgehead atoms. The lowest BCUT2D eigenvalue weighted by Gasteiger charge is -2.25. The molecule has 1 aliphatic rings. The Labute approximate surface area is 165 Å². The van der Waals surface area contributed by atoms with Gasteiger partial charge in [0.15, 0.2) is 0 Å². The van der Waals surface area contributed by atoms with Crippen molar-refractivity contribution < 1.29 is 19.4 Å². The maximum absolute atomic E-state index is 12.5. The molecule has 0 aliphatic heterocycles. The number of hydrogen-bond acceptors (Lipinski definition) is 3. The third-order valence-electron chi connectivity index (χ3n) is 5.39. The van der Waals surface area contributed by atoms with Gasteiger partial charge in [0, 0.05) is 12.5 Å². The number of hydrogen-bond donors (Lipinski definition) is 2. The third kappa shape index (κ3) is 5.67. The average molecular weight is 381 g/mol. The zero-order valence-corrected chi connectivity index (χ0v) is 16.0. The highest BCUT2D eigenvalue weighted by Gasteiger charge is 2.29. The predicted molar refractivity (Wildman–Crippen MR) is 106 cm³/mol. The first kappa shape index (κ1) is 20.1. The van der Waals surface area contributed by atoms with E-state index in [0.717, 1.165) is 16.7 Å². The molecule has 1 saturated carbocycles. The number of benzene rings is 2. The van der Waals surface area contributed by atoms with Gasteiger partial charge in [0.1, 0.15) is 0 Å². The summed E-state index contributed by atoms with van der Waals surface area (Å²) in [6.45, 7) is 1.50. The van der Waals surface area contributed by atoms with Gasteiger partial charge in [-0.25, -0.2) is 0 Å². The van der Waals surface area contributed by atoms with Crippen LogP contribution in [0.15, 0.2) is 54.6 Å². The van der Waals surface area contributed by atoms with Gasteiger partial charge in [-0.05, 0) is 42.4 Å². The molecule has 0 spiro atoms. The Bertz CT molecular complexity index is 782. The highest BCUT2D eigenvalue weighted by atomic mass is 16.5. The molecule has 0 atom stereocenters. The summed E-state index contributed by atoms with van der Waals surface area (Å²) in [5.74, 6) is -1.12. The SMILES string of the molecule is O=C(O)C1CCC(C(=O)NCc2ccccc2COCc2ccccc2)CC1. The monoisotopic (exact) mass is 381 g/mol. The minimum atomic E-state index is -0.747. The number of rotatable bonds is 8. The largest absolute Gasteiger partial charge is 0.481 e. The van der Waals surface area contributed by atoms with Crippen LogP contribution < -0.4 is 5.32 Å². The molecule has 5 heteroatoms. The molecule has 0 heterocycles. The van der Waals surface area contributed by atoms with Crippen LogP contribution in [0.2, 0.25) is 0 Å². The van der Waals surface area contributed by atoms with Crippen molar-refractivity contribution in [1.29, 1.82) is 0 Å². The molecular formula is C23H27NO4. The second kappa shape index (κ2) is 10.0. The van der Waals surface area contributed by atoms with Crippen molar-refractivity contribution in [2.75, 3.05) is 0 Å². The Morgan fingerprint density at radius 2 is 1.46 bits per heavy atom. The second-order valence-electron chi connectivity index (χ2n) is 7.35. The fraction of sp³-hybridized carbons (Fsp3) is 0.391. The molecule has 0 unspecified atom stereocenters. The van der Waals surface area contributed by atoms with Gasteiger partial charge in [-0.2, -0.15) is 0 Å². The number of nitrogens with one attached hydrogen (secondary N) is 1. The van der Waals surface area contributed by atoms with Crippen molar-refractivity contribution in [1.82, 2.24) is 5.32 Å². The first-order valence-electron chi connectivity index (χ1n) is 9.82. The van der Waals surface area contributed by atoms with Crippen LogP contribution >= 0.6 is 0 Å². The number of aliphatic carboxylic acids is 1. The van der Waals surface area contributed by atoms with Crippen LogP contribution in [-0.4, -0.2) is 17.0 Å². The van der Waals surface area contributed by atoms with E-state index < -0.39 is 5.97 Å². The molecule has 1 aliphatic carbocycles. The van der Waals surface area contributed by atoms with Gasteiger partial charge in [-0.3, -0.25) is 9.59 Å². The summed E-state index contributed by atoms with van der Waals surface area (Å²) < 4.78 is 5.84. The number of amides is 1. The molecule has 0 aromatic heterocycles. The molecule has 1 amide bonds. The van der Waals surface area contributed by atoms with E-state index in [9.17, 15) is 9.59 Å². The lowest BCUT2D eigenvalue weighted by molar-refractivity contribution is -0.144. The Hall–Kier alpha value is -2.66. The van der Waals surface area contributed by atoms with Gasteiger partial charge < -0.3 is 15.2 Å². The quantitative estimate of drug-likeness (QED) is 0.727. The summed E-state index contributed by atoms with van der Waals surface area (Å²) in [6.07, 6.45) is 2.45. The van der Waals surface area contributed by atoms with E-state index in [0.29, 0.717) is 45.4 Å². The molecule has 3 rings (SSSR count). The maximum Gasteiger partial charge on any atom is 0.306 e. The summed E-state index contributed by atoms with van der Waals surface area (Å²) in [5, 5.41) is 12.1. The van der Waals surface area contributed by atoms with Crippen LogP contribution in [0.25, 0.3) is 0 Å². The first-order chi connectivity index (χ1) is 13.6. The van der Waals surface area contributed by atoms with Gasteiger partial charge in [-0.1, -0.05) is 54.6 Å². The Balaban J connectivity index is 1.48. The number of carbonyl (C=O) groups is 2. The van der Waals surface area contributed by atoms with Crippen molar-refractivity contribution in [2.24, 2.45) is 11.8 Å². The summed E-state index contributed by atoms with van der Waals surface area (Å²) in [6, 6.07) is 18.0. The topological polar surface area (TPSA) is 75.6 Å². The molecule has 2 N–H and O–H groups in total. The van der Waals surface area contributed by atoms with Crippen LogP contribution in [-0.2, 0) is 34.1 Å². The van der Waals surface area contributed by atoms with Crippen molar-refractivity contribution in [3.63, 3.8) is 0 Å². The molecule has 148 valence electrons. The summed E-state index contributed by atoms with van der Waals surface area (Å²) in [5.41, 5.74) is 3.24. The Morgan fingerprint density at radius 1 is 0.857 bits per heavy atom. The van der Waals surface area contributed by atoms with E-state index in [1.165, 1.54) is 0 Å². The number of carboxylic acid groups (broad SMARTS) is 1. The van der Waals surface area contributed by atoms with Crippen molar-refractivity contribution in [3.05, 3.63) is 71.3 Å². The van der Waals surface area contributed by atoms with E-state index >= 15 is 0 Å². The Morgan fingerprint density at radius 3 is 2.14 bits per heavy atom. The van der Waals surface area contributed by atoms with Gasteiger partial charge >= 0.3 is 5.97 Å². The number of carboxylic acids is 1. The Kier molecular flexibility index (Phi) is 7.20. The van der Waals surface area contributed by atoms with E-state index in [1.54, 1.807) is 0 Å². The highest BCUT2D eigenvalue weighted by Crippen LogP contribution is 2.29. The molecule has 1 fully saturated rings. The molecule has 28 heavy (non-hydrogen) atoms. The average Bonchev–Trinajstić information content (AvgIpc) is 2.73. The molecule has 0 saturated heterocycles. The zero-order valence-electron chi connectivity index (χ0n) is 16.0. The number of carbonyl (C=O) groups excluding carboxylic acids is 1. The van der Waals surface area contributed by atoms with Crippen molar-refractivity contribution >= 4 is 11.9 Å². The van der Waals surface area contributed by atoms with E-state index in [1.807, 2.05) is 54.6 Å². The van der Waals surface area contributed by atoms with E-state index in [2.05, 4.69) is 5.32 Å². The highest BCUT2D eigenvalue weighted by molar-refractivity contribution is 5.79. The van der Waals surface area contributed by atoms with E-state index in [4.69, 9.17) is 9.84 Å². The standard InChI is InChI=1S/C23H27NO4/c25-22(18-10-12-19(13-11-18)23(26)27)24-14-20-8-4-5-9-21(20)16-28-15-17-6-2-1-3-7-17/h1-9,18-19H,10-16H2,(H,24,25)(H,26,27). The second-order valence-corrected chi connectivity index (χ2v) is 7.35. The predicted octanol–water partition coefficient (Wildman–Crippen LogP) is 3.91. The van der Waals surface area contributed by atoms with Gasteiger partial charge in [0.2, 0.25) is 5.91 Å². The molecule has 2 aromatic rings. The van der Waals surface area contributed by atoms with Crippen molar-refractivity contribution in [3.8, 4) is 0 Å². The summed E-state index contributed by atoms with van der Waals surface area (Å²) >= 11 is 0. The third-order valence-corrected chi connectivity index (χ3v) is 5.39. The van der Waals surface area contributed by atoms with Crippen LogP contribution in [0.3, 0.4) is 0 Å². The van der Waals surface area contributed by atoms with Crippen LogP contribution in [0.4, 0.5) is 0 Å². The molecular weight excluding hydrogens is 354 g/mol. The smallest absolute Gasteiger partial charge is 0.306 e. The lowest BCUT2D eigenvalue weighted by Crippen LogP contribution is -2.34. The molecule has 0 radical (unpaired) electrons. The van der Waals surface area contributed by atoms with Crippen LogP contribution in [0.5, 0.6) is 0 Å². The van der Waals surface area contributed by atoms with Gasteiger partial charge in [0.05, 0.1) is 19.1 Å². The minimum Gasteiger partial charge on any atom is -0.481 e. The fourth-order valence-electron chi connectivity index (χ4n) is 3.65. The lowest BCUT2D eigenvalue weighted by atomic mass is 9.81. The zero-order chi connectivity index (χ0) is 19.8. The summed E-state index contributed by atoms with van der Waals surface area (Å²) in [7, 11) is 0. The van der Waals surface area contributed by atoms with E-state index in [-0.39, 0.29) is 17.7 Å². The van der Waals surface area contributed by atoms with Crippen LogP contribution in [0, 0.1) is 11.8 Å². The van der Waals surface area contributed by atoms with Gasteiger partial charge in [0.25, 0.3) is 0 Å². The van der Waals surface area contributed by atoms with Gasteiger partial charge in [-0.15, -0.1) is 0 Å². The normalized spacial score (nSPS) is 19.1. The fourth-order valence-corrected chi connectivity index (χ4v) is 3.65. The number of ether oxygens (including phenoxy) is 1. The minimum absolute atomic E-state index is 0.0174. The van der Waals surface area contributed by atoms with Crippen LogP contribution in [0.1, 0.15) is 42.4 Å². The molecule has 2 aromatic carbocycles.